The molecule has 0 spiro atoms. The minimum Gasteiger partial charge on any atom is -0.756 e. The van der Waals surface area contributed by atoms with Crippen molar-refractivity contribution in [3.63, 3.8) is 0 Å². The van der Waals surface area contributed by atoms with Gasteiger partial charge >= 0.3 is 11.9 Å². The van der Waals surface area contributed by atoms with Crippen molar-refractivity contribution >= 4 is 19.8 Å². The van der Waals surface area contributed by atoms with Crippen molar-refractivity contribution in [1.82, 2.24) is 0 Å². The Kier molecular flexibility index (Phi) is 73.8. The lowest BCUT2D eigenvalue weighted by Crippen LogP contribution is -2.37. The van der Waals surface area contributed by atoms with Crippen molar-refractivity contribution in [1.29, 1.82) is 0 Å². The molecule has 0 amide bonds. The van der Waals surface area contributed by atoms with Crippen LogP contribution >= 0.6 is 7.82 Å². The van der Waals surface area contributed by atoms with Gasteiger partial charge in [0.1, 0.15) is 19.8 Å². The fourth-order valence-corrected chi connectivity index (χ4v) is 12.3. The number of ether oxygens (including phenoxy) is 2. The minimum atomic E-state index is -4.66. The second-order valence-corrected chi connectivity index (χ2v) is 29.8. The average molecular weight is 1370 g/mol. The van der Waals surface area contributed by atoms with E-state index in [1.807, 2.05) is 21.1 Å². The Bertz CT molecular complexity index is 2060. The first kappa shape index (κ1) is 93.4. The smallest absolute Gasteiger partial charge is 0.306 e. The van der Waals surface area contributed by atoms with Gasteiger partial charge in [-0.05, 0) is 89.9 Å². The Morgan fingerprint density at radius 3 is 0.876 bits per heavy atom. The average Bonchev–Trinajstić information content (AvgIpc) is 1.41. The lowest BCUT2D eigenvalue weighted by Gasteiger charge is -2.28. The molecule has 0 radical (unpaired) electrons. The number of likely N-dealkylation sites (N-methyl/N-ethyl adjacent to an activating group) is 1. The van der Waals surface area contributed by atoms with E-state index in [2.05, 4.69) is 135 Å². The quantitative estimate of drug-likeness (QED) is 0.0195. The second kappa shape index (κ2) is 76.6. The molecule has 0 aromatic heterocycles. The molecule has 0 N–H and O–H groups in total. The van der Waals surface area contributed by atoms with Gasteiger partial charge in [0.05, 0.1) is 27.7 Å². The first-order valence-electron chi connectivity index (χ1n) is 40.7. The molecule has 0 bridgehead atoms. The maximum Gasteiger partial charge on any atom is 0.306 e. The highest BCUT2D eigenvalue weighted by atomic mass is 31.2. The molecule has 0 fully saturated rings. The van der Waals surface area contributed by atoms with E-state index in [1.54, 1.807) is 0 Å². The third-order valence-electron chi connectivity index (χ3n) is 17.7. The Morgan fingerprint density at radius 2 is 0.588 bits per heavy atom. The SMILES string of the molecule is CC/C=C\C/C=C\C/C=C\C/C=C\C/C=C\C/C=C\C/C=C\C/C=C\C/C=C\C/C=C\CCCCCCCCC(=O)OC(COC(=O)CCCCCCCCCCCCCCCCCCCCCCCCCCCCCCCCCCCCCC)COP(=O)([O-])OCC[N+](C)(C)C. The standard InChI is InChI=1S/C87H154NO8P/c1-6-8-10-12-14-16-18-20-22-24-26-28-30-32-34-36-38-40-42-44-46-48-50-52-54-56-58-60-62-64-66-68-70-72-74-76-78-80-87(90)96-85(84-95-97(91,92)94-82-81-88(3,4)5)83-93-86(89)79-77-75-73-71-69-67-65-63-61-59-57-55-53-51-49-47-45-43-41-39-37-35-33-31-29-27-25-23-21-19-17-15-13-11-9-7-2/h8,10,14,16,20,22,26,28,32,34,38,40,44,46,50,52,56,58,62,64,85H,6-7,9,11-13,15,17-19,21,23-25,27,29-31,33,35-37,39,41-43,45,47-49,51,53-55,57,59-61,63,65-84H2,1-5H3/b10-8-,16-14-,22-20-,28-26-,34-32-,40-38-,46-44-,52-50-,58-56-,64-62-. The zero-order chi connectivity index (χ0) is 70.4. The Morgan fingerprint density at radius 1 is 0.330 bits per heavy atom. The monoisotopic (exact) mass is 1370 g/mol. The fourth-order valence-electron chi connectivity index (χ4n) is 11.6. The van der Waals surface area contributed by atoms with Gasteiger partial charge in [0.25, 0.3) is 7.82 Å². The van der Waals surface area contributed by atoms with Crippen LogP contribution in [0.1, 0.15) is 367 Å². The predicted molar refractivity (Wildman–Crippen MR) is 420 cm³/mol. The molecular weight excluding hydrogens is 1220 g/mol. The maximum atomic E-state index is 12.9. The van der Waals surface area contributed by atoms with Gasteiger partial charge in [-0.3, -0.25) is 14.2 Å². The van der Waals surface area contributed by atoms with E-state index >= 15 is 0 Å². The second-order valence-electron chi connectivity index (χ2n) is 28.4. The molecule has 0 aliphatic carbocycles. The molecule has 0 aliphatic heterocycles. The zero-order valence-electron chi connectivity index (χ0n) is 64.0. The van der Waals surface area contributed by atoms with Crippen LogP contribution in [-0.4, -0.2) is 70.0 Å². The molecule has 10 heteroatoms. The molecule has 0 rings (SSSR count). The number of esters is 2. The number of phosphoric acid groups is 1. The Hall–Kier alpha value is -3.59. The molecule has 0 saturated carbocycles. The lowest BCUT2D eigenvalue weighted by atomic mass is 10.0. The van der Waals surface area contributed by atoms with E-state index in [0.29, 0.717) is 17.4 Å². The lowest BCUT2D eigenvalue weighted by molar-refractivity contribution is -0.870. The van der Waals surface area contributed by atoms with E-state index in [4.69, 9.17) is 18.5 Å². The fraction of sp³-hybridized carbons (Fsp3) is 0.747. The summed E-state index contributed by atoms with van der Waals surface area (Å²) in [7, 11) is 1.15. The molecule has 2 unspecified atom stereocenters. The summed E-state index contributed by atoms with van der Waals surface area (Å²) in [6.07, 6.45) is 110. The number of unbranched alkanes of at least 4 members (excludes halogenated alkanes) is 41. The summed E-state index contributed by atoms with van der Waals surface area (Å²) in [6.45, 7) is 4.15. The summed E-state index contributed by atoms with van der Waals surface area (Å²) in [5.41, 5.74) is 0. The third kappa shape index (κ3) is 81.3. The number of hydrogen-bond acceptors (Lipinski definition) is 8. The maximum absolute atomic E-state index is 12.9. The Balaban J connectivity index is 4.02. The molecule has 97 heavy (non-hydrogen) atoms. The predicted octanol–water partition coefficient (Wildman–Crippen LogP) is 26.7. The van der Waals surface area contributed by atoms with Crippen molar-refractivity contribution in [3.8, 4) is 0 Å². The van der Waals surface area contributed by atoms with Crippen LogP contribution in [0.3, 0.4) is 0 Å². The summed E-state index contributed by atoms with van der Waals surface area (Å²) in [4.78, 5) is 38.2. The normalized spacial score (nSPS) is 13.7. The topological polar surface area (TPSA) is 111 Å². The van der Waals surface area contributed by atoms with Crippen molar-refractivity contribution in [2.24, 2.45) is 0 Å². The van der Waals surface area contributed by atoms with Gasteiger partial charge in [0.2, 0.25) is 0 Å². The van der Waals surface area contributed by atoms with Gasteiger partial charge in [-0.25, -0.2) is 0 Å². The number of rotatable bonds is 75. The molecule has 0 aliphatic rings. The molecule has 9 nitrogen and oxygen atoms in total. The highest BCUT2D eigenvalue weighted by Gasteiger charge is 2.22. The summed E-state index contributed by atoms with van der Waals surface area (Å²) in [5, 5.41) is 0. The van der Waals surface area contributed by atoms with Crippen LogP contribution < -0.4 is 4.89 Å². The molecule has 560 valence electrons. The number of nitrogens with zero attached hydrogens (tertiary/aromatic N) is 1. The van der Waals surface area contributed by atoms with Crippen molar-refractivity contribution < 1.29 is 42.1 Å². The van der Waals surface area contributed by atoms with Gasteiger partial charge in [0.15, 0.2) is 6.10 Å². The van der Waals surface area contributed by atoms with E-state index < -0.39 is 26.5 Å². The van der Waals surface area contributed by atoms with E-state index in [-0.39, 0.29) is 32.0 Å². The highest BCUT2D eigenvalue weighted by Crippen LogP contribution is 2.38. The van der Waals surface area contributed by atoms with E-state index in [9.17, 15) is 19.0 Å². The van der Waals surface area contributed by atoms with Crippen molar-refractivity contribution in [2.75, 3.05) is 47.5 Å². The van der Waals surface area contributed by atoms with Crippen molar-refractivity contribution in [2.45, 2.75) is 373 Å². The van der Waals surface area contributed by atoms with Crippen LogP contribution in [0.15, 0.2) is 122 Å². The van der Waals surface area contributed by atoms with Crippen molar-refractivity contribution in [3.05, 3.63) is 122 Å². The third-order valence-corrected chi connectivity index (χ3v) is 18.7. The number of carbonyl (C=O) groups is 2. The van der Waals surface area contributed by atoms with E-state index in [1.165, 1.54) is 212 Å². The molecule has 2 atom stereocenters. The Labute approximate surface area is 600 Å². The number of allylic oxidation sites excluding steroid dienone is 20. The van der Waals surface area contributed by atoms with Crippen LogP contribution in [0, 0.1) is 0 Å². The van der Waals surface area contributed by atoms with Gasteiger partial charge in [-0.2, -0.15) is 0 Å². The summed E-state index contributed by atoms with van der Waals surface area (Å²) in [6, 6.07) is 0. The number of phosphoric ester groups is 1. The van der Waals surface area contributed by atoms with Crippen LogP contribution in [0.25, 0.3) is 0 Å². The first-order valence-corrected chi connectivity index (χ1v) is 42.2. The minimum absolute atomic E-state index is 0.0381. The number of carbonyl (C=O) groups excluding carboxylic acids is 2. The van der Waals surface area contributed by atoms with Gasteiger partial charge in [-0.15, -0.1) is 0 Å². The zero-order valence-corrected chi connectivity index (χ0v) is 64.9. The van der Waals surface area contributed by atoms with Crippen LogP contribution in [0.2, 0.25) is 0 Å². The van der Waals surface area contributed by atoms with Crippen LogP contribution in [0.5, 0.6) is 0 Å². The van der Waals surface area contributed by atoms with Gasteiger partial charge in [-0.1, -0.05) is 386 Å². The summed E-state index contributed by atoms with van der Waals surface area (Å²) >= 11 is 0. The summed E-state index contributed by atoms with van der Waals surface area (Å²) < 4.78 is 34.4. The molecule has 0 aromatic rings. The van der Waals surface area contributed by atoms with Gasteiger partial charge < -0.3 is 27.9 Å². The summed E-state index contributed by atoms with van der Waals surface area (Å²) in [5.74, 6) is -0.843. The van der Waals surface area contributed by atoms with Gasteiger partial charge in [0, 0.05) is 12.8 Å². The highest BCUT2D eigenvalue weighted by molar-refractivity contribution is 7.45. The van der Waals surface area contributed by atoms with Crippen LogP contribution in [0.4, 0.5) is 0 Å². The largest absolute Gasteiger partial charge is 0.756 e. The number of quaternary nitrogens is 1. The molecule has 0 saturated heterocycles. The molecule has 0 aromatic carbocycles. The van der Waals surface area contributed by atoms with E-state index in [0.717, 1.165) is 122 Å². The van der Waals surface area contributed by atoms with Crippen LogP contribution in [-0.2, 0) is 32.7 Å². The first-order chi connectivity index (χ1) is 47.5. The number of hydrogen-bond donors (Lipinski definition) is 0. The molecule has 0 heterocycles. The molecular formula is C87H154NO8P.